The average molecular weight is 182 g/mol. The summed E-state index contributed by atoms with van der Waals surface area (Å²) in [7, 11) is 1.43. The van der Waals surface area contributed by atoms with Gasteiger partial charge in [0, 0.05) is 6.42 Å². The molecule has 0 spiro atoms. The van der Waals surface area contributed by atoms with Crippen molar-refractivity contribution in [3.8, 4) is 0 Å². The first kappa shape index (κ1) is 11.5. The fourth-order valence-electron chi connectivity index (χ4n) is 0.752. The summed E-state index contributed by atoms with van der Waals surface area (Å²) in [4.78, 5) is 10.1. The maximum absolute atomic E-state index is 10.1. The number of carbonyl (C=O) groups is 1. The summed E-state index contributed by atoms with van der Waals surface area (Å²) in [5.41, 5.74) is 0.714. The number of ether oxygens (including phenoxy) is 1. The van der Waals surface area contributed by atoms with E-state index in [-0.39, 0.29) is 17.9 Å². The molecule has 0 saturated carbocycles. The molecule has 72 valence electrons. The van der Waals surface area contributed by atoms with Crippen molar-refractivity contribution in [2.24, 2.45) is 0 Å². The molecule has 0 saturated heterocycles. The Hall–Kier alpha value is -1.51. The van der Waals surface area contributed by atoms with E-state index in [9.17, 15) is 9.90 Å². The molecule has 0 bridgehead atoms. The van der Waals surface area contributed by atoms with Crippen LogP contribution in [0.5, 0.6) is 0 Å². The first-order chi connectivity index (χ1) is 6.11. The number of methoxy groups -OCH3 is 1. The van der Waals surface area contributed by atoms with Crippen molar-refractivity contribution < 1.29 is 14.6 Å². The van der Waals surface area contributed by atoms with Gasteiger partial charge in [-0.3, -0.25) is 0 Å². The van der Waals surface area contributed by atoms with E-state index in [2.05, 4.69) is 6.58 Å². The molecular weight excluding hydrogens is 168 g/mol. The van der Waals surface area contributed by atoms with E-state index in [1.54, 1.807) is 6.92 Å². The molecule has 0 amide bonds. The van der Waals surface area contributed by atoms with E-state index in [1.165, 1.54) is 19.3 Å². The Labute approximate surface area is 78.0 Å². The first-order valence-corrected chi connectivity index (χ1v) is 3.86. The number of hydrogen-bond donors (Lipinski definition) is 1. The van der Waals surface area contributed by atoms with Crippen LogP contribution in [0.2, 0.25) is 0 Å². The summed E-state index contributed by atoms with van der Waals surface area (Å²) in [5.74, 6) is 0.270. The van der Waals surface area contributed by atoms with Gasteiger partial charge in [0.05, 0.1) is 7.11 Å². The Kier molecular flexibility index (Phi) is 5.35. The van der Waals surface area contributed by atoms with Gasteiger partial charge in [-0.1, -0.05) is 12.2 Å². The van der Waals surface area contributed by atoms with Gasteiger partial charge in [0.25, 0.3) is 0 Å². The molecule has 0 aliphatic carbocycles. The molecule has 0 aromatic carbocycles. The van der Waals surface area contributed by atoms with Crippen molar-refractivity contribution in [1.82, 2.24) is 0 Å². The molecule has 0 unspecified atom stereocenters. The monoisotopic (exact) mass is 182 g/mol. The van der Waals surface area contributed by atoms with Crippen molar-refractivity contribution in [3.63, 3.8) is 0 Å². The van der Waals surface area contributed by atoms with Crippen molar-refractivity contribution in [3.05, 3.63) is 35.8 Å². The largest absolute Gasteiger partial charge is 0.504 e. The van der Waals surface area contributed by atoms with Crippen LogP contribution in [0.3, 0.4) is 0 Å². The van der Waals surface area contributed by atoms with E-state index in [0.717, 1.165) is 6.29 Å². The minimum atomic E-state index is -0.0168. The van der Waals surface area contributed by atoms with Gasteiger partial charge in [-0.15, -0.1) is 0 Å². The molecule has 0 rings (SSSR count). The third-order valence-corrected chi connectivity index (χ3v) is 1.25. The fraction of sp³-hybridized carbons (Fsp3) is 0.300. The summed E-state index contributed by atoms with van der Waals surface area (Å²) in [6.07, 6.45) is 3.92. The highest BCUT2D eigenvalue weighted by Gasteiger charge is 2.01. The molecule has 0 heterocycles. The summed E-state index contributed by atoms with van der Waals surface area (Å²) in [6, 6.07) is 0. The third-order valence-electron chi connectivity index (χ3n) is 1.25. The molecule has 0 atom stereocenters. The van der Waals surface area contributed by atoms with E-state index in [1.807, 2.05) is 0 Å². The number of aliphatic hydroxyl groups excluding tert-OH is 1. The van der Waals surface area contributed by atoms with Crippen LogP contribution in [-0.2, 0) is 9.53 Å². The van der Waals surface area contributed by atoms with E-state index < -0.39 is 0 Å². The van der Waals surface area contributed by atoms with Crippen molar-refractivity contribution >= 4 is 6.29 Å². The fourth-order valence-corrected chi connectivity index (χ4v) is 0.752. The molecule has 0 fully saturated rings. The quantitative estimate of drug-likeness (QED) is 0.402. The summed E-state index contributed by atoms with van der Waals surface area (Å²) < 4.78 is 4.86. The Morgan fingerprint density at radius 3 is 2.62 bits per heavy atom. The second-order valence-electron chi connectivity index (χ2n) is 2.55. The molecule has 0 aliphatic heterocycles. The van der Waals surface area contributed by atoms with Gasteiger partial charge in [-0.05, 0) is 19.1 Å². The predicted octanol–water partition coefficient (Wildman–Crippen LogP) is 2.12. The van der Waals surface area contributed by atoms with Crippen molar-refractivity contribution in [2.45, 2.75) is 13.3 Å². The lowest BCUT2D eigenvalue weighted by Gasteiger charge is -2.04. The number of allylic oxidation sites excluding steroid dienone is 3. The number of aliphatic hydroxyl groups is 1. The van der Waals surface area contributed by atoms with Crippen LogP contribution in [0, 0.1) is 0 Å². The predicted molar refractivity (Wildman–Crippen MR) is 51.3 cm³/mol. The van der Waals surface area contributed by atoms with Gasteiger partial charge in [-0.2, -0.15) is 0 Å². The number of hydrogen-bond acceptors (Lipinski definition) is 3. The summed E-state index contributed by atoms with van der Waals surface area (Å²) >= 11 is 0. The Morgan fingerprint density at radius 1 is 1.62 bits per heavy atom. The number of carbonyl (C=O) groups excluding carboxylic acids is 1. The third kappa shape index (κ3) is 4.85. The van der Waals surface area contributed by atoms with Crippen LogP contribution in [0.15, 0.2) is 35.8 Å². The van der Waals surface area contributed by atoms with E-state index in [0.29, 0.717) is 5.57 Å². The zero-order chi connectivity index (χ0) is 10.3. The summed E-state index contributed by atoms with van der Waals surface area (Å²) in [6.45, 7) is 5.36. The Bertz CT molecular complexity index is 249. The second-order valence-corrected chi connectivity index (χ2v) is 2.55. The number of aldehydes is 1. The maximum atomic E-state index is 10.1. The highest BCUT2D eigenvalue weighted by molar-refractivity contribution is 5.52. The first-order valence-electron chi connectivity index (χ1n) is 3.86. The Morgan fingerprint density at radius 2 is 2.23 bits per heavy atom. The van der Waals surface area contributed by atoms with Crippen LogP contribution < -0.4 is 0 Å². The van der Waals surface area contributed by atoms with Crippen LogP contribution in [0.4, 0.5) is 0 Å². The highest BCUT2D eigenvalue weighted by atomic mass is 16.5. The van der Waals surface area contributed by atoms with Gasteiger partial charge >= 0.3 is 0 Å². The van der Waals surface area contributed by atoms with Gasteiger partial charge in [-0.25, -0.2) is 0 Å². The lowest BCUT2D eigenvalue weighted by Crippen LogP contribution is -1.92. The zero-order valence-corrected chi connectivity index (χ0v) is 7.91. The Balaban J connectivity index is 4.57. The van der Waals surface area contributed by atoms with Gasteiger partial charge < -0.3 is 14.6 Å². The minimum Gasteiger partial charge on any atom is -0.504 e. The maximum Gasteiger partial charge on any atom is 0.157 e. The highest BCUT2D eigenvalue weighted by Crippen LogP contribution is 2.10. The molecule has 0 aliphatic rings. The lowest BCUT2D eigenvalue weighted by molar-refractivity contribution is -0.107. The summed E-state index contributed by atoms with van der Waals surface area (Å²) in [5, 5.41) is 9.40. The molecule has 0 aromatic rings. The lowest BCUT2D eigenvalue weighted by atomic mass is 10.2. The van der Waals surface area contributed by atoms with Gasteiger partial charge in [0.2, 0.25) is 0 Å². The van der Waals surface area contributed by atoms with Crippen LogP contribution >= 0.6 is 0 Å². The molecule has 0 radical (unpaired) electrons. The molecule has 1 N–H and O–H groups in total. The smallest absolute Gasteiger partial charge is 0.157 e. The van der Waals surface area contributed by atoms with Crippen LogP contribution in [0.25, 0.3) is 0 Å². The molecule has 0 aromatic heterocycles. The van der Waals surface area contributed by atoms with Gasteiger partial charge in [0.1, 0.15) is 6.29 Å². The second kappa shape index (κ2) is 6.06. The van der Waals surface area contributed by atoms with E-state index in [4.69, 9.17) is 4.74 Å². The minimum absolute atomic E-state index is 0.0168. The zero-order valence-electron chi connectivity index (χ0n) is 7.91. The van der Waals surface area contributed by atoms with Gasteiger partial charge in [0.15, 0.2) is 11.5 Å². The standard InChI is InChI=1S/C10H14O3/c1-8(2)7-9(12)10(13-3)5-4-6-11/h5-7,12H,1,4H2,2-3H3/b9-7+,10-5+. The molecule has 3 nitrogen and oxygen atoms in total. The van der Waals surface area contributed by atoms with E-state index >= 15 is 0 Å². The van der Waals surface area contributed by atoms with Crippen molar-refractivity contribution in [1.29, 1.82) is 0 Å². The SMILES string of the molecule is C=C(C)/C=C(O)\C(=C/CC=O)OC. The molecule has 3 heteroatoms. The average Bonchev–Trinajstić information content (AvgIpc) is 2.04. The molecular formula is C10H14O3. The van der Waals surface area contributed by atoms with Crippen LogP contribution in [0.1, 0.15) is 13.3 Å². The topological polar surface area (TPSA) is 46.5 Å². The molecule has 13 heavy (non-hydrogen) atoms. The number of rotatable bonds is 5. The normalized spacial score (nSPS) is 12.5. The van der Waals surface area contributed by atoms with Crippen molar-refractivity contribution in [2.75, 3.05) is 7.11 Å². The van der Waals surface area contributed by atoms with Crippen LogP contribution in [-0.4, -0.2) is 18.5 Å².